The summed E-state index contributed by atoms with van der Waals surface area (Å²) in [5.41, 5.74) is 0. The summed E-state index contributed by atoms with van der Waals surface area (Å²) in [5, 5.41) is 23.3. The number of aliphatic carboxylic acids is 2. The van der Waals surface area contributed by atoms with Crippen LogP contribution >= 0.6 is 0 Å². The van der Waals surface area contributed by atoms with Gasteiger partial charge in [-0.15, -0.1) is 0 Å². The Kier molecular flexibility index (Phi) is 106. The topological polar surface area (TPSA) is 86.7 Å². The zero-order chi connectivity index (χ0) is 78.5. The molecule has 0 aromatic heterocycles. The fourth-order valence-corrected chi connectivity index (χ4v) is 17.0. The van der Waals surface area contributed by atoms with E-state index in [0.29, 0.717) is 0 Å². The molecule has 0 fully saturated rings. The second kappa shape index (κ2) is 102. The molecular weight excluding hydrogens is 1360 g/mol. The van der Waals surface area contributed by atoms with E-state index in [-0.39, 0.29) is 37.7 Å². The van der Waals surface area contributed by atoms with Crippen molar-refractivity contribution < 1.29 is 19.8 Å². The Labute approximate surface area is 718 Å². The SMILES string of the molecule is CCCCCCCCCCCCCCCCCCCCCCCCN(CCCCCCCCCCCCCCCCCCCCCCCC)C(C)C(=O)[O-].CCCCCCCCCCCCCCCCCCCCCCCCN(CCCCCCCCCCCCCCCCCCCCCCCC)C(C)C(=O)[O-].[Ca+2]. The molecule has 0 aliphatic heterocycles. The van der Waals surface area contributed by atoms with Crippen LogP contribution in [0.1, 0.15) is 607 Å². The van der Waals surface area contributed by atoms with Crippen molar-refractivity contribution in [3.05, 3.63) is 0 Å². The van der Waals surface area contributed by atoms with Gasteiger partial charge in [0.2, 0.25) is 0 Å². The van der Waals surface area contributed by atoms with E-state index < -0.39 is 24.0 Å². The largest absolute Gasteiger partial charge is 2.00 e. The summed E-state index contributed by atoms with van der Waals surface area (Å²) < 4.78 is 0. The smallest absolute Gasteiger partial charge is 0.548 e. The Morgan fingerprint density at radius 3 is 0.312 bits per heavy atom. The average molecular weight is 1560 g/mol. The van der Waals surface area contributed by atoms with Crippen LogP contribution < -0.4 is 10.2 Å². The maximum Gasteiger partial charge on any atom is 2.00 e. The minimum absolute atomic E-state index is 0. The standard InChI is InChI=1S/2C51H103NO2.Ca/c2*1-4-6-8-10-12-14-16-18-20-22-24-26-28-30-32-34-36-38-40-42-44-46-48-52(50(3)51(53)54)49-47-45-43-41-39-37-35-33-31-29-27-25-23-21-19-17-15-13-11-9-7-5-2;/h2*50H,4-49H2,1-3H3,(H,53,54);/q;;+2/p-2. The van der Waals surface area contributed by atoms with Crippen LogP contribution in [0, 0.1) is 0 Å². The van der Waals surface area contributed by atoms with Gasteiger partial charge in [0, 0.05) is 12.1 Å². The monoisotopic (exact) mass is 1560 g/mol. The summed E-state index contributed by atoms with van der Waals surface area (Å²) in [5.74, 6) is -1.82. The summed E-state index contributed by atoms with van der Waals surface area (Å²) in [6, 6.07) is -0.926. The van der Waals surface area contributed by atoms with Gasteiger partial charge in [0.05, 0.1) is 11.9 Å². The molecule has 0 heterocycles. The van der Waals surface area contributed by atoms with Crippen molar-refractivity contribution in [3.8, 4) is 0 Å². The van der Waals surface area contributed by atoms with Crippen molar-refractivity contribution in [3.63, 3.8) is 0 Å². The number of hydrogen-bond acceptors (Lipinski definition) is 6. The van der Waals surface area contributed by atoms with Crippen LogP contribution in [0.4, 0.5) is 0 Å². The van der Waals surface area contributed by atoms with Gasteiger partial charge in [-0.3, -0.25) is 9.80 Å². The Balaban J connectivity index is -0.00000204. The van der Waals surface area contributed by atoms with Crippen molar-refractivity contribution in [2.75, 3.05) is 26.2 Å². The molecule has 2 unspecified atom stereocenters. The summed E-state index contributed by atoms with van der Waals surface area (Å²) in [6.45, 7) is 16.5. The second-order valence-corrected chi connectivity index (χ2v) is 35.8. The molecule has 0 saturated heterocycles. The molecule has 0 aromatic rings. The number of nitrogens with zero attached hydrogens (tertiary/aromatic N) is 2. The molecule has 0 aromatic carbocycles. The number of hydrogen-bond donors (Lipinski definition) is 0. The number of carboxylic acids is 2. The van der Waals surface area contributed by atoms with Crippen molar-refractivity contribution >= 4 is 49.7 Å². The van der Waals surface area contributed by atoms with Gasteiger partial charge >= 0.3 is 37.7 Å². The molecule has 0 bridgehead atoms. The van der Waals surface area contributed by atoms with E-state index in [4.69, 9.17) is 0 Å². The molecule has 0 rings (SSSR count). The first-order valence-electron chi connectivity index (χ1n) is 51.2. The fraction of sp³-hybridized carbons (Fsp3) is 0.980. The number of carbonyl (C=O) groups is 2. The van der Waals surface area contributed by atoms with Crippen LogP contribution in [0.5, 0.6) is 0 Å². The van der Waals surface area contributed by atoms with Crippen molar-refractivity contribution in [2.45, 2.75) is 619 Å². The molecule has 0 N–H and O–H groups in total. The molecule has 0 amide bonds. The van der Waals surface area contributed by atoms with Gasteiger partial charge < -0.3 is 19.8 Å². The van der Waals surface area contributed by atoms with Gasteiger partial charge in [-0.25, -0.2) is 0 Å². The predicted molar refractivity (Wildman–Crippen MR) is 487 cm³/mol. The van der Waals surface area contributed by atoms with E-state index in [1.807, 2.05) is 13.8 Å². The molecule has 0 aliphatic rings. The van der Waals surface area contributed by atoms with Crippen molar-refractivity contribution in [2.24, 2.45) is 0 Å². The molecule has 648 valence electrons. The number of carboxylic acid groups (broad SMARTS) is 2. The molecule has 109 heavy (non-hydrogen) atoms. The average Bonchev–Trinajstić information content (AvgIpc) is 0.933. The molecule has 0 saturated carbocycles. The van der Waals surface area contributed by atoms with Gasteiger partial charge in [0.25, 0.3) is 0 Å². The van der Waals surface area contributed by atoms with E-state index in [2.05, 4.69) is 37.5 Å². The fourth-order valence-electron chi connectivity index (χ4n) is 17.0. The van der Waals surface area contributed by atoms with Crippen LogP contribution in [-0.4, -0.2) is 97.7 Å². The normalized spacial score (nSPS) is 12.2. The third-order valence-electron chi connectivity index (χ3n) is 25.0. The number of rotatable bonds is 96. The van der Waals surface area contributed by atoms with Gasteiger partial charge in [0.1, 0.15) is 0 Å². The zero-order valence-corrected chi connectivity index (χ0v) is 78.7. The van der Waals surface area contributed by atoms with Gasteiger partial charge in [-0.05, 0) is 65.7 Å². The van der Waals surface area contributed by atoms with Crippen molar-refractivity contribution in [1.82, 2.24) is 9.80 Å². The predicted octanol–water partition coefficient (Wildman–Crippen LogP) is 32.9. The third kappa shape index (κ3) is 96.9. The van der Waals surface area contributed by atoms with Gasteiger partial charge in [0.15, 0.2) is 0 Å². The van der Waals surface area contributed by atoms with Crippen LogP contribution in [0.3, 0.4) is 0 Å². The van der Waals surface area contributed by atoms with Gasteiger partial charge in [-0.2, -0.15) is 0 Å². The summed E-state index contributed by atoms with van der Waals surface area (Å²) in [7, 11) is 0. The first-order chi connectivity index (χ1) is 53.3. The Bertz CT molecular complexity index is 1420. The first-order valence-corrected chi connectivity index (χ1v) is 51.2. The summed E-state index contributed by atoms with van der Waals surface area (Å²) in [6.07, 6.45) is 123. The molecular formula is C102H204CaN2O4. The molecule has 6 nitrogen and oxygen atoms in total. The maximum atomic E-state index is 11.6. The third-order valence-corrected chi connectivity index (χ3v) is 25.0. The minimum atomic E-state index is -0.910. The summed E-state index contributed by atoms with van der Waals surface area (Å²) in [4.78, 5) is 27.6. The first kappa shape index (κ1) is 113. The molecule has 0 aliphatic carbocycles. The molecule has 2 atom stereocenters. The minimum Gasteiger partial charge on any atom is -0.548 e. The zero-order valence-electron chi connectivity index (χ0n) is 76.4. The number of unbranched alkanes of at least 4 members (excludes halogenated alkanes) is 84. The number of carbonyl (C=O) groups excluding carboxylic acids is 2. The molecule has 7 heteroatoms. The van der Waals surface area contributed by atoms with Gasteiger partial charge in [-0.1, -0.05) is 567 Å². The molecule has 0 radical (unpaired) electrons. The quantitative estimate of drug-likeness (QED) is 0.0445. The second-order valence-electron chi connectivity index (χ2n) is 35.8. The van der Waals surface area contributed by atoms with E-state index >= 15 is 0 Å². The Hall–Kier alpha value is 0.120. The van der Waals surface area contributed by atoms with E-state index in [0.717, 1.165) is 51.9 Å². The summed E-state index contributed by atoms with van der Waals surface area (Å²) >= 11 is 0. The Morgan fingerprint density at radius 2 is 0.239 bits per heavy atom. The van der Waals surface area contributed by atoms with Crippen LogP contribution in [0.2, 0.25) is 0 Å². The van der Waals surface area contributed by atoms with E-state index in [9.17, 15) is 19.8 Å². The Morgan fingerprint density at radius 1 is 0.165 bits per heavy atom. The van der Waals surface area contributed by atoms with Crippen molar-refractivity contribution in [1.29, 1.82) is 0 Å². The van der Waals surface area contributed by atoms with E-state index in [1.165, 1.54) is 539 Å². The maximum absolute atomic E-state index is 11.6. The van der Waals surface area contributed by atoms with Crippen LogP contribution in [0.15, 0.2) is 0 Å². The van der Waals surface area contributed by atoms with E-state index in [1.54, 1.807) is 0 Å². The molecule has 0 spiro atoms. The van der Waals surface area contributed by atoms with Crippen LogP contribution in [-0.2, 0) is 9.59 Å². The van der Waals surface area contributed by atoms with Crippen LogP contribution in [0.25, 0.3) is 0 Å².